The highest BCUT2D eigenvalue weighted by atomic mass is 32.2. The number of phenols is 1. The third kappa shape index (κ3) is 2.26. The summed E-state index contributed by atoms with van der Waals surface area (Å²) >= 11 is 1.54. The second-order valence-electron chi connectivity index (χ2n) is 2.62. The monoisotopic (exact) mass is 208 g/mol. The molecule has 1 heterocycles. The fourth-order valence-electron chi connectivity index (χ4n) is 0.978. The van der Waals surface area contributed by atoms with Crippen LogP contribution >= 0.6 is 11.8 Å². The number of rotatable bonds is 3. The Bertz CT molecular complexity index is 403. The van der Waals surface area contributed by atoms with Gasteiger partial charge in [0, 0.05) is 4.90 Å². The number of thioether (sulfide) groups is 1. The molecule has 1 aromatic carbocycles. The molecular formula is C9H8N2O2S. The van der Waals surface area contributed by atoms with Crippen molar-refractivity contribution in [3.8, 4) is 5.75 Å². The van der Waals surface area contributed by atoms with Gasteiger partial charge in [0.15, 0.2) is 6.33 Å². The van der Waals surface area contributed by atoms with Gasteiger partial charge in [-0.25, -0.2) is 0 Å². The Balaban J connectivity index is 1.98. The molecule has 4 nitrogen and oxygen atoms in total. The standard InChI is InChI=1S/C9H8N2O2S/c12-7-2-1-3-8(4-7)14-5-9-10-6-11-13-9/h1-4,6,12H,5H2. The summed E-state index contributed by atoms with van der Waals surface area (Å²) in [5, 5.41) is 12.7. The predicted molar refractivity (Wildman–Crippen MR) is 52.0 cm³/mol. The molecule has 5 heteroatoms. The van der Waals surface area contributed by atoms with E-state index in [9.17, 15) is 5.11 Å². The molecule has 0 fully saturated rings. The summed E-state index contributed by atoms with van der Waals surface area (Å²) in [4.78, 5) is 4.87. The van der Waals surface area contributed by atoms with Crippen LogP contribution in [0.1, 0.15) is 5.89 Å². The second-order valence-corrected chi connectivity index (χ2v) is 3.67. The summed E-state index contributed by atoms with van der Waals surface area (Å²) in [6.45, 7) is 0. The Morgan fingerprint density at radius 2 is 2.36 bits per heavy atom. The maximum Gasteiger partial charge on any atom is 0.236 e. The van der Waals surface area contributed by atoms with Crippen LogP contribution in [0.2, 0.25) is 0 Å². The minimum atomic E-state index is 0.264. The maximum atomic E-state index is 9.21. The van der Waals surface area contributed by atoms with Gasteiger partial charge < -0.3 is 9.63 Å². The zero-order valence-electron chi connectivity index (χ0n) is 7.25. The van der Waals surface area contributed by atoms with Gasteiger partial charge in [-0.05, 0) is 18.2 Å². The van der Waals surface area contributed by atoms with Crippen molar-refractivity contribution in [2.45, 2.75) is 10.6 Å². The van der Waals surface area contributed by atoms with E-state index in [4.69, 9.17) is 4.52 Å². The number of aromatic hydroxyl groups is 1. The van der Waals surface area contributed by atoms with E-state index in [2.05, 4.69) is 10.1 Å². The molecule has 0 aliphatic heterocycles. The van der Waals surface area contributed by atoms with Crippen molar-refractivity contribution in [3.63, 3.8) is 0 Å². The largest absolute Gasteiger partial charge is 0.508 e. The third-order valence-electron chi connectivity index (χ3n) is 1.59. The van der Waals surface area contributed by atoms with Gasteiger partial charge in [-0.15, -0.1) is 11.8 Å². The summed E-state index contributed by atoms with van der Waals surface area (Å²) in [7, 11) is 0. The maximum absolute atomic E-state index is 9.21. The Morgan fingerprint density at radius 1 is 1.43 bits per heavy atom. The van der Waals surface area contributed by atoms with Crippen molar-refractivity contribution < 1.29 is 9.63 Å². The first-order chi connectivity index (χ1) is 6.84. The van der Waals surface area contributed by atoms with E-state index in [0.717, 1.165) is 4.90 Å². The molecule has 2 aromatic rings. The van der Waals surface area contributed by atoms with Crippen LogP contribution in [0.4, 0.5) is 0 Å². The van der Waals surface area contributed by atoms with Gasteiger partial charge in [0.05, 0.1) is 5.75 Å². The lowest BCUT2D eigenvalue weighted by molar-refractivity contribution is 0.390. The van der Waals surface area contributed by atoms with Gasteiger partial charge >= 0.3 is 0 Å². The minimum absolute atomic E-state index is 0.264. The van der Waals surface area contributed by atoms with Crippen LogP contribution in [-0.2, 0) is 5.75 Å². The average molecular weight is 208 g/mol. The highest BCUT2D eigenvalue weighted by Crippen LogP contribution is 2.24. The predicted octanol–water partition coefficient (Wildman–Crippen LogP) is 2.07. The first kappa shape index (κ1) is 9.08. The lowest BCUT2D eigenvalue weighted by Gasteiger charge is -1.98. The normalized spacial score (nSPS) is 10.3. The Hall–Kier alpha value is -1.49. The molecule has 0 saturated carbocycles. The molecule has 2 rings (SSSR count). The average Bonchev–Trinajstić information content (AvgIpc) is 2.67. The lowest BCUT2D eigenvalue weighted by Crippen LogP contribution is -1.79. The Labute approximate surface area is 85.0 Å². The highest BCUT2D eigenvalue weighted by molar-refractivity contribution is 7.98. The van der Waals surface area contributed by atoms with Gasteiger partial charge in [0.1, 0.15) is 5.75 Å². The van der Waals surface area contributed by atoms with Crippen molar-refractivity contribution in [2.75, 3.05) is 0 Å². The summed E-state index contributed by atoms with van der Waals surface area (Å²) in [6.07, 6.45) is 1.37. The van der Waals surface area contributed by atoms with E-state index in [-0.39, 0.29) is 5.75 Å². The highest BCUT2D eigenvalue weighted by Gasteiger charge is 2.01. The van der Waals surface area contributed by atoms with Crippen LogP contribution in [0.25, 0.3) is 0 Å². The molecule has 0 aliphatic rings. The van der Waals surface area contributed by atoms with Gasteiger partial charge in [-0.3, -0.25) is 0 Å². The molecule has 0 aliphatic carbocycles. The fourth-order valence-corrected chi connectivity index (χ4v) is 1.77. The van der Waals surface area contributed by atoms with Crippen molar-refractivity contribution in [2.24, 2.45) is 0 Å². The molecule has 1 N–H and O–H groups in total. The molecule has 72 valence electrons. The third-order valence-corrected chi connectivity index (χ3v) is 2.57. The lowest BCUT2D eigenvalue weighted by atomic mass is 10.3. The number of aromatic nitrogens is 2. The molecule has 0 atom stereocenters. The number of phenolic OH excluding ortho intramolecular Hbond substituents is 1. The summed E-state index contributed by atoms with van der Waals surface area (Å²) < 4.78 is 4.84. The Kier molecular flexibility index (Phi) is 2.69. The zero-order valence-corrected chi connectivity index (χ0v) is 8.07. The van der Waals surface area contributed by atoms with Crippen LogP contribution in [0.5, 0.6) is 5.75 Å². The summed E-state index contributed by atoms with van der Waals surface area (Å²) in [5.41, 5.74) is 0. The van der Waals surface area contributed by atoms with E-state index >= 15 is 0 Å². The topological polar surface area (TPSA) is 59.2 Å². The van der Waals surface area contributed by atoms with Crippen molar-refractivity contribution in [3.05, 3.63) is 36.5 Å². The molecule has 0 radical (unpaired) electrons. The van der Waals surface area contributed by atoms with Crippen LogP contribution in [-0.4, -0.2) is 15.2 Å². The SMILES string of the molecule is Oc1cccc(SCc2ncno2)c1. The van der Waals surface area contributed by atoms with E-state index in [0.29, 0.717) is 11.6 Å². The smallest absolute Gasteiger partial charge is 0.236 e. The number of hydrogen-bond acceptors (Lipinski definition) is 5. The van der Waals surface area contributed by atoms with Crippen molar-refractivity contribution >= 4 is 11.8 Å². The molecule has 0 unspecified atom stereocenters. The first-order valence-corrected chi connectivity index (χ1v) is 5.00. The van der Waals surface area contributed by atoms with E-state index in [1.807, 2.05) is 6.07 Å². The number of nitrogens with zero attached hydrogens (tertiary/aromatic N) is 2. The fraction of sp³-hybridized carbons (Fsp3) is 0.111. The molecule has 0 saturated heterocycles. The molecule has 1 aromatic heterocycles. The quantitative estimate of drug-likeness (QED) is 0.782. The van der Waals surface area contributed by atoms with Gasteiger partial charge in [0.2, 0.25) is 5.89 Å². The van der Waals surface area contributed by atoms with Crippen molar-refractivity contribution in [1.29, 1.82) is 0 Å². The van der Waals surface area contributed by atoms with Crippen LogP contribution < -0.4 is 0 Å². The van der Waals surface area contributed by atoms with E-state index < -0.39 is 0 Å². The van der Waals surface area contributed by atoms with Crippen LogP contribution in [0.3, 0.4) is 0 Å². The molecule has 0 bridgehead atoms. The van der Waals surface area contributed by atoms with Crippen molar-refractivity contribution in [1.82, 2.24) is 10.1 Å². The zero-order chi connectivity index (χ0) is 9.80. The number of benzene rings is 1. The first-order valence-electron chi connectivity index (χ1n) is 4.02. The van der Waals surface area contributed by atoms with Crippen LogP contribution in [0.15, 0.2) is 40.0 Å². The molecule has 14 heavy (non-hydrogen) atoms. The molecule has 0 spiro atoms. The number of hydrogen-bond donors (Lipinski definition) is 1. The van der Waals surface area contributed by atoms with Crippen LogP contribution in [0, 0.1) is 0 Å². The second kappa shape index (κ2) is 4.15. The Morgan fingerprint density at radius 3 is 3.07 bits per heavy atom. The van der Waals surface area contributed by atoms with Gasteiger partial charge in [-0.2, -0.15) is 4.98 Å². The summed E-state index contributed by atoms with van der Waals surface area (Å²) in [5.74, 6) is 1.46. The molecule has 0 amide bonds. The summed E-state index contributed by atoms with van der Waals surface area (Å²) in [6, 6.07) is 7.05. The van der Waals surface area contributed by atoms with Gasteiger partial charge in [0.25, 0.3) is 0 Å². The van der Waals surface area contributed by atoms with E-state index in [1.165, 1.54) is 18.1 Å². The molecular weight excluding hydrogens is 200 g/mol. The van der Waals surface area contributed by atoms with Gasteiger partial charge in [-0.1, -0.05) is 11.2 Å². The van der Waals surface area contributed by atoms with E-state index in [1.54, 1.807) is 18.2 Å². The minimum Gasteiger partial charge on any atom is -0.508 e.